The van der Waals surface area contributed by atoms with Gasteiger partial charge in [-0.1, -0.05) is 60.7 Å². The van der Waals surface area contributed by atoms with E-state index in [9.17, 15) is 9.90 Å². The summed E-state index contributed by atoms with van der Waals surface area (Å²) in [6, 6.07) is 22.2. The van der Waals surface area contributed by atoms with E-state index in [0.29, 0.717) is 24.6 Å². The van der Waals surface area contributed by atoms with Gasteiger partial charge in [-0.3, -0.25) is 9.69 Å². The lowest BCUT2D eigenvalue weighted by atomic mass is 9.87. The fourth-order valence-corrected chi connectivity index (χ4v) is 5.04. The Morgan fingerprint density at radius 1 is 1.03 bits per heavy atom. The molecule has 1 atom stereocenters. The van der Waals surface area contributed by atoms with Gasteiger partial charge in [-0.25, -0.2) is 0 Å². The van der Waals surface area contributed by atoms with E-state index in [4.69, 9.17) is 4.74 Å². The van der Waals surface area contributed by atoms with E-state index in [2.05, 4.69) is 47.4 Å². The van der Waals surface area contributed by atoms with Crippen LogP contribution in [-0.4, -0.2) is 41.4 Å². The number of hydrogen-bond donors (Lipinski definition) is 1. The summed E-state index contributed by atoms with van der Waals surface area (Å²) in [5.74, 6) is 0.705. The number of benzene rings is 2. The Labute approximate surface area is 196 Å². The van der Waals surface area contributed by atoms with Gasteiger partial charge in [0.1, 0.15) is 5.75 Å². The minimum absolute atomic E-state index is 0.0754. The van der Waals surface area contributed by atoms with Crippen molar-refractivity contribution in [2.75, 3.05) is 26.8 Å². The molecule has 174 valence electrons. The van der Waals surface area contributed by atoms with Crippen LogP contribution >= 0.6 is 0 Å². The molecule has 1 fully saturated rings. The molecule has 5 nitrogen and oxygen atoms in total. The maximum Gasteiger partial charge on any atom is 0.259 e. The van der Waals surface area contributed by atoms with Crippen molar-refractivity contribution in [1.82, 2.24) is 9.47 Å². The SMILES string of the molecule is COCCn1c(C)cc(O)c(C(c2ccccc2)N2CCC(Cc3ccccc3)CC2)c1=O. The van der Waals surface area contributed by atoms with Crippen LogP contribution in [0.15, 0.2) is 71.5 Å². The number of aryl methyl sites for hydroxylation is 1. The van der Waals surface area contributed by atoms with Crippen LogP contribution < -0.4 is 5.56 Å². The van der Waals surface area contributed by atoms with Crippen LogP contribution in [0.25, 0.3) is 0 Å². The third-order valence-electron chi connectivity index (χ3n) is 6.81. The predicted molar refractivity (Wildman–Crippen MR) is 132 cm³/mol. The highest BCUT2D eigenvalue weighted by molar-refractivity contribution is 5.41. The number of nitrogens with zero attached hydrogens (tertiary/aromatic N) is 2. The molecule has 1 aromatic heterocycles. The van der Waals surface area contributed by atoms with Gasteiger partial charge in [0, 0.05) is 19.3 Å². The van der Waals surface area contributed by atoms with E-state index < -0.39 is 0 Å². The van der Waals surface area contributed by atoms with E-state index >= 15 is 0 Å². The van der Waals surface area contributed by atoms with Crippen molar-refractivity contribution in [3.63, 3.8) is 0 Å². The molecule has 1 aliphatic rings. The molecular weight excluding hydrogens is 412 g/mol. The van der Waals surface area contributed by atoms with E-state index in [-0.39, 0.29) is 17.4 Å². The standard InChI is InChI=1S/C28H34N2O3/c1-21-19-25(31)26(28(32)30(21)17-18-33-2)27(24-11-7-4-8-12-24)29-15-13-23(14-16-29)20-22-9-5-3-6-10-22/h3-12,19,23,27,31H,13-18,20H2,1-2H3. The molecule has 5 heteroatoms. The maximum absolute atomic E-state index is 13.6. The Kier molecular flexibility index (Phi) is 7.63. The quantitative estimate of drug-likeness (QED) is 0.551. The average Bonchev–Trinajstić information content (AvgIpc) is 2.83. The Bertz CT molecular complexity index is 1090. The Hall–Kier alpha value is -2.89. The summed E-state index contributed by atoms with van der Waals surface area (Å²) in [5, 5.41) is 11.0. The molecule has 0 spiro atoms. The van der Waals surface area contributed by atoms with Crippen molar-refractivity contribution in [3.8, 4) is 5.75 Å². The molecule has 33 heavy (non-hydrogen) atoms. The second-order valence-corrected chi connectivity index (χ2v) is 9.02. The lowest BCUT2D eigenvalue weighted by Crippen LogP contribution is -2.41. The molecule has 1 saturated heterocycles. The smallest absolute Gasteiger partial charge is 0.259 e. The number of methoxy groups -OCH3 is 1. The third kappa shape index (κ3) is 5.37. The highest BCUT2D eigenvalue weighted by Gasteiger charge is 2.31. The first-order valence-corrected chi connectivity index (χ1v) is 11.8. The van der Waals surface area contributed by atoms with Crippen molar-refractivity contribution in [1.29, 1.82) is 0 Å². The van der Waals surface area contributed by atoms with E-state index in [1.165, 1.54) is 5.56 Å². The average molecular weight is 447 g/mol. The minimum atomic E-state index is -0.272. The van der Waals surface area contributed by atoms with Crippen LogP contribution in [0.1, 0.15) is 41.3 Å². The van der Waals surface area contributed by atoms with Gasteiger partial charge in [0.2, 0.25) is 0 Å². The summed E-state index contributed by atoms with van der Waals surface area (Å²) in [6.07, 6.45) is 3.23. The van der Waals surface area contributed by atoms with Gasteiger partial charge in [0.15, 0.2) is 0 Å². The number of piperidine rings is 1. The molecule has 1 unspecified atom stereocenters. The van der Waals surface area contributed by atoms with E-state index in [1.807, 2.05) is 25.1 Å². The first-order valence-electron chi connectivity index (χ1n) is 11.8. The van der Waals surface area contributed by atoms with Gasteiger partial charge >= 0.3 is 0 Å². The first kappa shape index (κ1) is 23.3. The Morgan fingerprint density at radius 2 is 1.67 bits per heavy atom. The first-order chi connectivity index (χ1) is 16.1. The maximum atomic E-state index is 13.6. The van der Waals surface area contributed by atoms with Gasteiger partial charge in [-0.2, -0.15) is 0 Å². The zero-order valence-corrected chi connectivity index (χ0v) is 19.6. The molecule has 0 radical (unpaired) electrons. The fourth-order valence-electron chi connectivity index (χ4n) is 5.04. The van der Waals surface area contributed by atoms with Gasteiger partial charge in [0.05, 0.1) is 18.2 Å². The number of rotatable bonds is 8. The molecule has 2 heterocycles. The van der Waals surface area contributed by atoms with Crippen molar-refractivity contribution in [2.24, 2.45) is 5.92 Å². The monoisotopic (exact) mass is 446 g/mol. The number of hydrogen-bond acceptors (Lipinski definition) is 4. The molecule has 4 rings (SSSR count). The molecule has 0 aliphatic carbocycles. The summed E-state index contributed by atoms with van der Waals surface area (Å²) in [5.41, 5.74) is 3.49. The van der Waals surface area contributed by atoms with Gasteiger partial charge < -0.3 is 14.4 Å². The van der Waals surface area contributed by atoms with Crippen LogP contribution in [0.5, 0.6) is 5.75 Å². The summed E-state index contributed by atoms with van der Waals surface area (Å²) in [6.45, 7) is 4.55. The number of pyridine rings is 1. The highest BCUT2D eigenvalue weighted by atomic mass is 16.5. The molecule has 1 N–H and O–H groups in total. The fraction of sp³-hybridized carbons (Fsp3) is 0.393. The molecule has 1 aliphatic heterocycles. The van der Waals surface area contributed by atoms with Crippen molar-refractivity contribution in [2.45, 2.75) is 38.8 Å². The summed E-state index contributed by atoms with van der Waals surface area (Å²) in [7, 11) is 1.63. The molecule has 0 saturated carbocycles. The minimum Gasteiger partial charge on any atom is -0.507 e. The van der Waals surface area contributed by atoms with Crippen molar-refractivity contribution >= 4 is 0 Å². The Morgan fingerprint density at radius 3 is 2.30 bits per heavy atom. The third-order valence-corrected chi connectivity index (χ3v) is 6.81. The zero-order valence-electron chi connectivity index (χ0n) is 19.6. The van der Waals surface area contributed by atoms with Crippen molar-refractivity contribution < 1.29 is 9.84 Å². The van der Waals surface area contributed by atoms with Crippen LogP contribution in [-0.2, 0) is 17.7 Å². The van der Waals surface area contributed by atoms with Gasteiger partial charge in [-0.05, 0) is 62.4 Å². The lowest BCUT2D eigenvalue weighted by Gasteiger charge is -2.38. The largest absolute Gasteiger partial charge is 0.507 e. The molecule has 3 aromatic rings. The topological polar surface area (TPSA) is 54.7 Å². The molecular formula is C28H34N2O3. The Balaban J connectivity index is 1.63. The van der Waals surface area contributed by atoms with Gasteiger partial charge in [-0.15, -0.1) is 0 Å². The van der Waals surface area contributed by atoms with Crippen LogP contribution in [0.4, 0.5) is 0 Å². The number of aromatic nitrogens is 1. The molecule has 0 bridgehead atoms. The van der Waals surface area contributed by atoms with Crippen LogP contribution in [0.2, 0.25) is 0 Å². The highest BCUT2D eigenvalue weighted by Crippen LogP contribution is 2.35. The summed E-state index contributed by atoms with van der Waals surface area (Å²) >= 11 is 0. The van der Waals surface area contributed by atoms with Crippen LogP contribution in [0, 0.1) is 12.8 Å². The number of aromatic hydroxyl groups is 1. The normalized spacial score (nSPS) is 16.1. The molecule has 2 aromatic carbocycles. The summed E-state index contributed by atoms with van der Waals surface area (Å²) in [4.78, 5) is 16.0. The summed E-state index contributed by atoms with van der Waals surface area (Å²) < 4.78 is 6.93. The lowest BCUT2D eigenvalue weighted by molar-refractivity contribution is 0.147. The molecule has 0 amide bonds. The second-order valence-electron chi connectivity index (χ2n) is 9.02. The van der Waals surface area contributed by atoms with Crippen molar-refractivity contribution in [3.05, 3.63) is 99.5 Å². The number of likely N-dealkylation sites (tertiary alicyclic amines) is 1. The number of ether oxygens (including phenoxy) is 1. The van der Waals surface area contributed by atoms with Crippen LogP contribution in [0.3, 0.4) is 0 Å². The second kappa shape index (κ2) is 10.8. The van der Waals surface area contributed by atoms with E-state index in [0.717, 1.165) is 43.6 Å². The van der Waals surface area contributed by atoms with E-state index in [1.54, 1.807) is 17.7 Å². The predicted octanol–water partition coefficient (Wildman–Crippen LogP) is 4.55. The van der Waals surface area contributed by atoms with Gasteiger partial charge in [0.25, 0.3) is 5.56 Å². The zero-order chi connectivity index (χ0) is 23.2.